The van der Waals surface area contributed by atoms with Crippen LogP contribution in [-0.4, -0.2) is 37.4 Å². The average molecular weight is 409 g/mol. The minimum absolute atomic E-state index is 0.999. The van der Waals surface area contributed by atoms with Gasteiger partial charge in [0.25, 0.3) is 0 Å². The average Bonchev–Trinajstić information content (AvgIpc) is 2.79. The van der Waals surface area contributed by atoms with Crippen molar-refractivity contribution in [2.75, 3.05) is 26.2 Å². The van der Waals surface area contributed by atoms with E-state index in [0.29, 0.717) is 0 Å². The Hall–Kier alpha value is -3.17. The van der Waals surface area contributed by atoms with E-state index in [1.165, 1.54) is 43.8 Å². The molecule has 0 atom stereocenters. The lowest BCUT2D eigenvalue weighted by molar-refractivity contribution is -0.918. The Morgan fingerprint density at radius 1 is 0.839 bits per heavy atom. The van der Waals surface area contributed by atoms with Crippen molar-refractivity contribution in [2.24, 2.45) is 5.10 Å². The van der Waals surface area contributed by atoms with Crippen LogP contribution in [0.5, 0.6) is 0 Å². The smallest absolute Gasteiger partial charge is 0.103 e. The molecular weight excluding hydrogens is 378 g/mol. The van der Waals surface area contributed by atoms with Gasteiger partial charge in [-0.05, 0) is 47.0 Å². The van der Waals surface area contributed by atoms with Gasteiger partial charge in [0.05, 0.1) is 32.4 Å². The lowest BCUT2D eigenvalue weighted by Crippen LogP contribution is -3.13. The maximum Gasteiger partial charge on any atom is 0.103 e. The first-order valence-electron chi connectivity index (χ1n) is 11.3. The first-order chi connectivity index (χ1) is 15.2. The molecule has 5 rings (SSSR count). The lowest BCUT2D eigenvalue weighted by atomic mass is 9.97. The third-order valence-corrected chi connectivity index (χ3v) is 6.55. The Bertz CT molecular complexity index is 1200. The van der Waals surface area contributed by atoms with E-state index < -0.39 is 0 Å². The van der Waals surface area contributed by atoms with Crippen molar-refractivity contribution in [1.82, 2.24) is 5.01 Å². The molecule has 4 aromatic carbocycles. The second-order valence-electron chi connectivity index (χ2n) is 8.79. The van der Waals surface area contributed by atoms with Crippen LogP contribution in [0.25, 0.3) is 21.5 Å². The molecule has 1 aliphatic heterocycles. The van der Waals surface area contributed by atoms with Gasteiger partial charge in [0.1, 0.15) is 6.54 Å². The summed E-state index contributed by atoms with van der Waals surface area (Å²) in [7, 11) is 0. The van der Waals surface area contributed by atoms with E-state index >= 15 is 0 Å². The highest BCUT2D eigenvalue weighted by Gasteiger charge is 2.19. The summed E-state index contributed by atoms with van der Waals surface area (Å²) in [4.78, 5) is 1.65. The topological polar surface area (TPSA) is 20.0 Å². The molecule has 3 heteroatoms. The molecule has 3 nitrogen and oxygen atoms in total. The summed E-state index contributed by atoms with van der Waals surface area (Å²) in [5.74, 6) is 0. The number of aryl methyl sites for hydroxylation is 2. The molecule has 1 aliphatic rings. The second kappa shape index (κ2) is 8.52. The van der Waals surface area contributed by atoms with Crippen LogP contribution in [-0.2, 0) is 6.54 Å². The van der Waals surface area contributed by atoms with Crippen molar-refractivity contribution in [2.45, 2.75) is 20.4 Å². The zero-order valence-corrected chi connectivity index (χ0v) is 18.4. The number of hydrogen-bond acceptors (Lipinski definition) is 2. The van der Waals surface area contributed by atoms with Crippen LogP contribution in [0.1, 0.15) is 22.3 Å². The molecule has 1 fully saturated rings. The highest BCUT2D eigenvalue weighted by Crippen LogP contribution is 2.27. The minimum Gasteiger partial charge on any atom is -0.328 e. The largest absolute Gasteiger partial charge is 0.328 e. The van der Waals surface area contributed by atoms with Gasteiger partial charge in [-0.25, -0.2) is 0 Å². The van der Waals surface area contributed by atoms with Crippen molar-refractivity contribution in [1.29, 1.82) is 0 Å². The predicted molar refractivity (Wildman–Crippen MR) is 131 cm³/mol. The molecule has 0 aliphatic carbocycles. The van der Waals surface area contributed by atoms with Crippen molar-refractivity contribution < 1.29 is 4.90 Å². The van der Waals surface area contributed by atoms with Crippen LogP contribution in [0.2, 0.25) is 0 Å². The Labute approximate surface area is 184 Å². The molecule has 0 amide bonds. The fraction of sp³-hybridized carbons (Fsp3) is 0.250. The highest BCUT2D eigenvalue weighted by atomic mass is 15.5. The van der Waals surface area contributed by atoms with Gasteiger partial charge in [-0.1, -0.05) is 72.3 Å². The summed E-state index contributed by atoms with van der Waals surface area (Å²) in [6, 6.07) is 26.3. The molecule has 156 valence electrons. The Kier molecular flexibility index (Phi) is 5.44. The first-order valence-corrected chi connectivity index (χ1v) is 11.3. The number of rotatable bonds is 4. The van der Waals surface area contributed by atoms with E-state index in [4.69, 9.17) is 5.10 Å². The van der Waals surface area contributed by atoms with Crippen LogP contribution < -0.4 is 4.90 Å². The quantitative estimate of drug-likeness (QED) is 0.393. The molecule has 0 radical (unpaired) electrons. The second-order valence-corrected chi connectivity index (χ2v) is 8.79. The van der Waals surface area contributed by atoms with Crippen LogP contribution in [0.15, 0.2) is 77.9 Å². The van der Waals surface area contributed by atoms with E-state index in [1.54, 1.807) is 4.90 Å². The van der Waals surface area contributed by atoms with E-state index in [1.807, 2.05) is 0 Å². The van der Waals surface area contributed by atoms with Crippen LogP contribution in [0.4, 0.5) is 0 Å². The van der Waals surface area contributed by atoms with Gasteiger partial charge in [0, 0.05) is 11.1 Å². The molecule has 0 bridgehead atoms. The number of nitrogens with one attached hydrogen (secondary N) is 1. The van der Waals surface area contributed by atoms with Gasteiger partial charge >= 0.3 is 0 Å². The zero-order chi connectivity index (χ0) is 21.2. The van der Waals surface area contributed by atoms with Crippen molar-refractivity contribution in [3.63, 3.8) is 0 Å². The summed E-state index contributed by atoms with van der Waals surface area (Å²) in [6.45, 7) is 9.76. The van der Waals surface area contributed by atoms with E-state index in [0.717, 1.165) is 32.7 Å². The molecule has 1 N–H and O–H groups in total. The first kappa shape index (κ1) is 19.8. The van der Waals surface area contributed by atoms with Gasteiger partial charge in [-0.15, -0.1) is 0 Å². The van der Waals surface area contributed by atoms with E-state index in [9.17, 15) is 0 Å². The summed E-state index contributed by atoms with van der Waals surface area (Å²) >= 11 is 0. The van der Waals surface area contributed by atoms with Gasteiger partial charge in [0.2, 0.25) is 0 Å². The molecule has 0 aromatic heterocycles. The van der Waals surface area contributed by atoms with E-state index in [-0.39, 0.29) is 0 Å². The van der Waals surface area contributed by atoms with Gasteiger partial charge in [-0.3, -0.25) is 5.01 Å². The van der Waals surface area contributed by atoms with E-state index in [2.05, 4.69) is 97.9 Å². The SMILES string of the molecule is Cc1ccc(C[NH+]2CCN(/N=C\c3c4ccccc4cc4ccccc34)CC2)c(C)c1. The van der Waals surface area contributed by atoms with Crippen LogP contribution >= 0.6 is 0 Å². The molecule has 1 heterocycles. The number of hydrazone groups is 1. The Morgan fingerprint density at radius 2 is 1.48 bits per heavy atom. The fourth-order valence-electron chi connectivity index (χ4n) is 4.74. The molecule has 0 unspecified atom stereocenters. The molecule has 0 saturated carbocycles. The summed E-state index contributed by atoms with van der Waals surface area (Å²) in [5, 5.41) is 12.2. The van der Waals surface area contributed by atoms with Crippen molar-refractivity contribution in [3.05, 3.63) is 95.1 Å². The molecule has 0 spiro atoms. The predicted octanol–water partition coefficient (Wildman–Crippen LogP) is 4.34. The van der Waals surface area contributed by atoms with Crippen LogP contribution in [0, 0.1) is 13.8 Å². The van der Waals surface area contributed by atoms with Crippen molar-refractivity contribution in [3.8, 4) is 0 Å². The number of piperazine rings is 1. The fourth-order valence-corrected chi connectivity index (χ4v) is 4.74. The lowest BCUT2D eigenvalue weighted by Gasteiger charge is -2.30. The molecule has 31 heavy (non-hydrogen) atoms. The number of benzene rings is 4. The van der Waals surface area contributed by atoms with Gasteiger partial charge in [-0.2, -0.15) is 5.10 Å². The summed E-state index contributed by atoms with van der Waals surface area (Å²) in [5.41, 5.74) is 5.45. The maximum absolute atomic E-state index is 4.92. The van der Waals surface area contributed by atoms with Gasteiger partial charge in [0.15, 0.2) is 0 Å². The zero-order valence-electron chi connectivity index (χ0n) is 18.4. The Morgan fingerprint density at radius 3 is 2.13 bits per heavy atom. The Balaban J connectivity index is 1.32. The monoisotopic (exact) mass is 408 g/mol. The molecular formula is C28H30N3+. The summed E-state index contributed by atoms with van der Waals surface area (Å²) < 4.78 is 0. The maximum atomic E-state index is 4.92. The minimum atomic E-state index is 0.999. The number of fused-ring (bicyclic) bond motifs is 2. The number of hydrogen-bond donors (Lipinski definition) is 1. The normalized spacial score (nSPS) is 15.4. The third-order valence-electron chi connectivity index (χ3n) is 6.55. The summed E-state index contributed by atoms with van der Waals surface area (Å²) in [6.07, 6.45) is 2.08. The molecule has 4 aromatic rings. The standard InChI is InChI=1S/C28H29N3/c1-21-11-12-25(22(2)17-21)20-30-13-15-31(16-14-30)29-19-28-26-9-5-3-7-23(26)18-24-8-4-6-10-27(24)28/h3-12,17-19H,13-16,20H2,1-2H3/p+1/b29-19-. The van der Waals surface area contributed by atoms with Gasteiger partial charge < -0.3 is 4.90 Å². The van der Waals surface area contributed by atoms with Crippen LogP contribution in [0.3, 0.4) is 0 Å². The number of quaternary nitrogens is 1. The van der Waals surface area contributed by atoms with Crippen molar-refractivity contribution >= 4 is 27.8 Å². The highest BCUT2D eigenvalue weighted by molar-refractivity contribution is 6.13. The number of nitrogens with zero attached hydrogens (tertiary/aromatic N) is 2. The third kappa shape index (κ3) is 4.19. The molecule has 1 saturated heterocycles.